The first-order valence-corrected chi connectivity index (χ1v) is 7.50. The fraction of sp³-hybridized carbons (Fsp3) is 0.500. The molecule has 0 aliphatic carbocycles. The maximum absolute atomic E-state index is 11.6. The van der Waals surface area contributed by atoms with E-state index in [4.69, 9.17) is 4.74 Å². The topological polar surface area (TPSA) is 38.3 Å². The highest BCUT2D eigenvalue weighted by atomic mass is 32.2. The van der Waals surface area contributed by atoms with Gasteiger partial charge in [0.15, 0.2) is 0 Å². The normalized spacial score (nSPS) is 18.8. The van der Waals surface area contributed by atoms with E-state index in [1.54, 1.807) is 11.8 Å². The summed E-state index contributed by atoms with van der Waals surface area (Å²) in [4.78, 5) is 11.6. The highest BCUT2D eigenvalue weighted by Gasteiger charge is 2.15. The molecule has 1 atom stereocenters. The molecule has 0 bridgehead atoms. The first-order chi connectivity index (χ1) is 8.84. The fourth-order valence-corrected chi connectivity index (χ4v) is 2.74. The Kier molecular flexibility index (Phi) is 5.55. The van der Waals surface area contributed by atoms with Gasteiger partial charge in [0.25, 0.3) is 0 Å². The standard InChI is InChI=1S/C14H19NO2S/c16-14(15-9-13-7-4-8-17-13)11-18-10-12-5-2-1-3-6-12/h1-3,5-6,13H,4,7-11H2,(H,15,16). The van der Waals surface area contributed by atoms with Crippen LogP contribution in [-0.2, 0) is 15.3 Å². The summed E-state index contributed by atoms with van der Waals surface area (Å²) in [7, 11) is 0. The molecule has 0 aromatic heterocycles. The van der Waals surface area contributed by atoms with Gasteiger partial charge in [-0.1, -0.05) is 30.3 Å². The van der Waals surface area contributed by atoms with E-state index in [2.05, 4.69) is 17.4 Å². The quantitative estimate of drug-likeness (QED) is 0.857. The van der Waals surface area contributed by atoms with Gasteiger partial charge in [-0.15, -0.1) is 11.8 Å². The maximum atomic E-state index is 11.6. The lowest BCUT2D eigenvalue weighted by atomic mass is 10.2. The predicted octanol–water partition coefficient (Wildman–Crippen LogP) is 2.21. The molecule has 1 aliphatic rings. The zero-order valence-corrected chi connectivity index (χ0v) is 11.2. The van der Waals surface area contributed by atoms with Gasteiger partial charge in [0.05, 0.1) is 11.9 Å². The molecule has 1 saturated heterocycles. The van der Waals surface area contributed by atoms with E-state index in [9.17, 15) is 4.79 Å². The van der Waals surface area contributed by atoms with Gasteiger partial charge in [0, 0.05) is 18.9 Å². The highest BCUT2D eigenvalue weighted by molar-refractivity contribution is 7.99. The Hall–Kier alpha value is -1.00. The van der Waals surface area contributed by atoms with Crippen LogP contribution in [0.2, 0.25) is 0 Å². The van der Waals surface area contributed by atoms with Crippen molar-refractivity contribution < 1.29 is 9.53 Å². The van der Waals surface area contributed by atoms with Crippen molar-refractivity contribution in [3.63, 3.8) is 0 Å². The van der Waals surface area contributed by atoms with Crippen LogP contribution in [0.4, 0.5) is 0 Å². The number of hydrogen-bond donors (Lipinski definition) is 1. The number of ether oxygens (including phenoxy) is 1. The number of thioether (sulfide) groups is 1. The number of benzene rings is 1. The van der Waals surface area contributed by atoms with Gasteiger partial charge in [-0.25, -0.2) is 0 Å². The Morgan fingerprint density at radius 2 is 2.22 bits per heavy atom. The van der Waals surface area contributed by atoms with Gasteiger partial charge < -0.3 is 10.1 Å². The zero-order chi connectivity index (χ0) is 12.6. The monoisotopic (exact) mass is 265 g/mol. The van der Waals surface area contributed by atoms with Gasteiger partial charge in [-0.2, -0.15) is 0 Å². The minimum absolute atomic E-state index is 0.103. The molecule has 3 nitrogen and oxygen atoms in total. The third kappa shape index (κ3) is 4.70. The Balaban J connectivity index is 1.57. The second kappa shape index (κ2) is 7.44. The molecule has 1 aromatic carbocycles. The van der Waals surface area contributed by atoms with Crippen molar-refractivity contribution >= 4 is 17.7 Å². The van der Waals surface area contributed by atoms with E-state index in [-0.39, 0.29) is 12.0 Å². The van der Waals surface area contributed by atoms with Crippen molar-refractivity contribution in [2.24, 2.45) is 0 Å². The third-order valence-corrected chi connectivity index (χ3v) is 3.90. The van der Waals surface area contributed by atoms with Crippen molar-refractivity contribution in [1.29, 1.82) is 0 Å². The lowest BCUT2D eigenvalue weighted by molar-refractivity contribution is -0.119. The van der Waals surface area contributed by atoms with Crippen molar-refractivity contribution in [3.8, 4) is 0 Å². The minimum atomic E-state index is 0.103. The number of nitrogens with one attached hydrogen (secondary N) is 1. The molecule has 0 spiro atoms. The molecule has 18 heavy (non-hydrogen) atoms. The lowest BCUT2D eigenvalue weighted by Gasteiger charge is -2.10. The third-order valence-electron chi connectivity index (χ3n) is 2.90. The molecule has 1 aromatic rings. The van der Waals surface area contributed by atoms with Gasteiger partial charge in [-0.3, -0.25) is 4.79 Å². The van der Waals surface area contributed by atoms with Gasteiger partial charge in [0.1, 0.15) is 0 Å². The molecule has 1 amide bonds. The van der Waals surface area contributed by atoms with E-state index in [0.29, 0.717) is 12.3 Å². The van der Waals surface area contributed by atoms with Crippen molar-refractivity contribution in [1.82, 2.24) is 5.32 Å². The molecule has 1 unspecified atom stereocenters. The summed E-state index contributed by atoms with van der Waals surface area (Å²) in [5.74, 6) is 1.50. The van der Waals surface area contributed by atoms with E-state index < -0.39 is 0 Å². The zero-order valence-electron chi connectivity index (χ0n) is 10.4. The van der Waals surface area contributed by atoms with Crippen LogP contribution in [-0.4, -0.2) is 30.9 Å². The van der Waals surface area contributed by atoms with Crippen LogP contribution in [0.3, 0.4) is 0 Å². The average molecular weight is 265 g/mol. The predicted molar refractivity (Wildman–Crippen MR) is 74.6 cm³/mol. The first kappa shape index (κ1) is 13.4. The van der Waals surface area contributed by atoms with Crippen molar-refractivity contribution in [2.75, 3.05) is 18.9 Å². The molecule has 0 saturated carbocycles. The Bertz CT molecular complexity index is 363. The molecule has 1 aliphatic heterocycles. The summed E-state index contributed by atoms with van der Waals surface area (Å²) in [6.07, 6.45) is 2.41. The highest BCUT2D eigenvalue weighted by Crippen LogP contribution is 2.12. The van der Waals surface area contributed by atoms with Gasteiger partial charge in [0.2, 0.25) is 5.91 Å². The molecule has 98 valence electrons. The first-order valence-electron chi connectivity index (χ1n) is 6.34. The second-order valence-corrected chi connectivity index (χ2v) is 5.40. The van der Waals surface area contributed by atoms with Crippen LogP contribution in [0, 0.1) is 0 Å². The van der Waals surface area contributed by atoms with E-state index in [1.807, 2.05) is 18.2 Å². The summed E-state index contributed by atoms with van der Waals surface area (Å²) >= 11 is 1.64. The summed E-state index contributed by atoms with van der Waals surface area (Å²) in [5, 5.41) is 2.93. The van der Waals surface area contributed by atoms with Crippen LogP contribution in [0.5, 0.6) is 0 Å². The molecular formula is C14H19NO2S. The van der Waals surface area contributed by atoms with Crippen LogP contribution in [0.15, 0.2) is 30.3 Å². The van der Waals surface area contributed by atoms with E-state index in [0.717, 1.165) is 25.2 Å². The summed E-state index contributed by atoms with van der Waals surface area (Å²) in [6, 6.07) is 10.2. The second-order valence-electron chi connectivity index (χ2n) is 4.42. The van der Waals surface area contributed by atoms with Gasteiger partial charge >= 0.3 is 0 Å². The summed E-state index contributed by atoms with van der Waals surface area (Å²) < 4.78 is 5.46. The smallest absolute Gasteiger partial charge is 0.230 e. The van der Waals surface area contributed by atoms with Crippen molar-refractivity contribution in [2.45, 2.75) is 24.7 Å². The van der Waals surface area contributed by atoms with Crippen LogP contribution < -0.4 is 5.32 Å². The fourth-order valence-electron chi connectivity index (χ4n) is 1.92. The molecule has 1 heterocycles. The van der Waals surface area contributed by atoms with E-state index >= 15 is 0 Å². The van der Waals surface area contributed by atoms with Gasteiger partial charge in [-0.05, 0) is 18.4 Å². The molecular weight excluding hydrogens is 246 g/mol. The molecule has 1 N–H and O–H groups in total. The number of carbonyl (C=O) groups is 1. The number of carbonyl (C=O) groups excluding carboxylic acids is 1. The molecule has 2 rings (SSSR count). The van der Waals surface area contributed by atoms with Crippen LogP contribution in [0.1, 0.15) is 18.4 Å². The van der Waals surface area contributed by atoms with Crippen molar-refractivity contribution in [3.05, 3.63) is 35.9 Å². The average Bonchev–Trinajstić information content (AvgIpc) is 2.91. The number of rotatable bonds is 6. The Labute approximate surface area is 112 Å². The summed E-state index contributed by atoms with van der Waals surface area (Å²) in [5.41, 5.74) is 1.26. The minimum Gasteiger partial charge on any atom is -0.376 e. The molecule has 0 radical (unpaired) electrons. The maximum Gasteiger partial charge on any atom is 0.230 e. The SMILES string of the molecule is O=C(CSCc1ccccc1)NCC1CCCO1. The Morgan fingerprint density at radius 1 is 1.39 bits per heavy atom. The van der Waals surface area contributed by atoms with E-state index in [1.165, 1.54) is 5.56 Å². The largest absolute Gasteiger partial charge is 0.376 e. The molecule has 4 heteroatoms. The Morgan fingerprint density at radius 3 is 2.94 bits per heavy atom. The number of amides is 1. The summed E-state index contributed by atoms with van der Waals surface area (Å²) in [6.45, 7) is 1.49. The lowest BCUT2D eigenvalue weighted by Crippen LogP contribution is -2.32. The number of hydrogen-bond acceptors (Lipinski definition) is 3. The van der Waals surface area contributed by atoms with Crippen LogP contribution in [0.25, 0.3) is 0 Å². The van der Waals surface area contributed by atoms with Crippen LogP contribution >= 0.6 is 11.8 Å². The molecule has 1 fully saturated rings.